The normalized spacial score (nSPS) is 16.0. The summed E-state index contributed by atoms with van der Waals surface area (Å²) in [6.07, 6.45) is 9.50. The van der Waals surface area contributed by atoms with Gasteiger partial charge in [-0.25, -0.2) is 0 Å². The summed E-state index contributed by atoms with van der Waals surface area (Å²) in [5, 5.41) is 0. The fourth-order valence-corrected chi connectivity index (χ4v) is 0.898. The minimum Gasteiger partial charge on any atom is -0.693 e. The number of hydrogen-bond acceptors (Lipinski definition) is 0. The SMILES string of the molecule is [CH-]1CCCCC1.[NH2-].[NH2-].[Pt+4]. The van der Waals surface area contributed by atoms with Gasteiger partial charge in [-0.05, 0) is 0 Å². The van der Waals surface area contributed by atoms with Gasteiger partial charge in [-0.1, -0.05) is 19.3 Å². The van der Waals surface area contributed by atoms with Gasteiger partial charge in [0.15, 0.2) is 0 Å². The average molecular weight is 310 g/mol. The van der Waals surface area contributed by atoms with Gasteiger partial charge in [0.2, 0.25) is 0 Å². The van der Waals surface area contributed by atoms with Crippen molar-refractivity contribution in [2.45, 2.75) is 32.1 Å². The van der Waals surface area contributed by atoms with Crippen molar-refractivity contribution in [3.63, 3.8) is 0 Å². The Balaban J connectivity index is -0.000000120. The van der Waals surface area contributed by atoms with Crippen LogP contribution in [0.1, 0.15) is 32.1 Å². The van der Waals surface area contributed by atoms with Gasteiger partial charge < -0.3 is 18.7 Å². The van der Waals surface area contributed by atoms with Crippen molar-refractivity contribution in [2.24, 2.45) is 0 Å². The van der Waals surface area contributed by atoms with E-state index in [2.05, 4.69) is 6.42 Å². The van der Waals surface area contributed by atoms with Gasteiger partial charge in [-0.2, -0.15) is 12.8 Å². The summed E-state index contributed by atoms with van der Waals surface area (Å²) in [6, 6.07) is 0. The maximum atomic E-state index is 2.39. The third kappa shape index (κ3) is 8.61. The fraction of sp³-hybridized carbons (Fsp3) is 0.833. The molecule has 0 saturated heterocycles. The van der Waals surface area contributed by atoms with E-state index in [-0.39, 0.29) is 33.4 Å². The van der Waals surface area contributed by atoms with E-state index in [1.54, 1.807) is 0 Å². The number of hydrogen-bond donors (Lipinski definition) is 0. The van der Waals surface area contributed by atoms with Gasteiger partial charge in [0.1, 0.15) is 0 Å². The maximum absolute atomic E-state index is 2.39. The zero-order valence-electron chi connectivity index (χ0n) is 5.58. The number of nitrogens with two attached hydrogens (primary N) is 2. The first kappa shape index (κ1) is 16.3. The zero-order valence-corrected chi connectivity index (χ0v) is 7.86. The van der Waals surface area contributed by atoms with Gasteiger partial charge in [0.05, 0.1) is 0 Å². The second kappa shape index (κ2) is 11.4. The summed E-state index contributed by atoms with van der Waals surface area (Å²) in [4.78, 5) is 0. The van der Waals surface area contributed by atoms with Crippen LogP contribution in [0, 0.1) is 6.42 Å². The molecule has 0 radical (unpaired) electrons. The Kier molecular flexibility index (Phi) is 20.7. The quantitative estimate of drug-likeness (QED) is 0.614. The monoisotopic (exact) mass is 310 g/mol. The van der Waals surface area contributed by atoms with Gasteiger partial charge >= 0.3 is 21.1 Å². The second-order valence-electron chi connectivity index (χ2n) is 1.93. The van der Waals surface area contributed by atoms with Gasteiger partial charge in [-0.15, -0.1) is 0 Å². The van der Waals surface area contributed by atoms with Gasteiger partial charge in [0, 0.05) is 0 Å². The van der Waals surface area contributed by atoms with Crippen LogP contribution >= 0.6 is 0 Å². The average Bonchev–Trinajstić information content (AvgIpc) is 1.72. The van der Waals surface area contributed by atoms with Crippen LogP contribution in [-0.2, 0) is 21.1 Å². The van der Waals surface area contributed by atoms with Crippen LogP contribution in [0.3, 0.4) is 0 Å². The Bertz CT molecular complexity index is 26.5. The molecule has 0 bridgehead atoms. The first-order chi connectivity index (χ1) is 3.00. The van der Waals surface area contributed by atoms with Gasteiger partial charge in [0.25, 0.3) is 0 Å². The van der Waals surface area contributed by atoms with Crippen molar-refractivity contribution < 1.29 is 21.1 Å². The molecule has 0 aromatic rings. The van der Waals surface area contributed by atoms with E-state index in [4.69, 9.17) is 0 Å². The van der Waals surface area contributed by atoms with E-state index < -0.39 is 0 Å². The maximum Gasteiger partial charge on any atom is 4.00 e. The molecule has 0 aromatic carbocycles. The molecule has 1 saturated carbocycles. The van der Waals surface area contributed by atoms with Crippen LogP contribution < -0.4 is 0 Å². The van der Waals surface area contributed by atoms with E-state index in [0.29, 0.717) is 0 Å². The van der Waals surface area contributed by atoms with Crippen LogP contribution in [0.15, 0.2) is 0 Å². The molecule has 1 rings (SSSR count). The van der Waals surface area contributed by atoms with Crippen LogP contribution in [0.4, 0.5) is 0 Å². The third-order valence-electron chi connectivity index (χ3n) is 1.32. The van der Waals surface area contributed by atoms with Crippen molar-refractivity contribution >= 4 is 0 Å². The third-order valence-corrected chi connectivity index (χ3v) is 1.32. The molecule has 1 aliphatic rings. The van der Waals surface area contributed by atoms with Crippen LogP contribution in [0.5, 0.6) is 0 Å². The molecule has 9 heavy (non-hydrogen) atoms. The second-order valence-corrected chi connectivity index (χ2v) is 1.93. The van der Waals surface area contributed by atoms with Crippen molar-refractivity contribution in [1.29, 1.82) is 0 Å². The molecule has 4 N–H and O–H groups in total. The smallest absolute Gasteiger partial charge is 0.693 e. The van der Waals surface area contributed by atoms with Crippen LogP contribution in [-0.4, -0.2) is 0 Å². The van der Waals surface area contributed by atoms with Crippen molar-refractivity contribution in [1.82, 2.24) is 0 Å². The molecule has 3 heteroatoms. The summed E-state index contributed by atoms with van der Waals surface area (Å²) < 4.78 is 0. The Morgan fingerprint density at radius 2 is 1.22 bits per heavy atom. The van der Waals surface area contributed by atoms with Gasteiger partial charge in [-0.3, -0.25) is 0 Å². The van der Waals surface area contributed by atoms with Crippen molar-refractivity contribution in [3.05, 3.63) is 18.7 Å². The topological polar surface area (TPSA) is 67.0 Å². The Labute approximate surface area is 72.2 Å². The summed E-state index contributed by atoms with van der Waals surface area (Å²) in [6.45, 7) is 0. The molecule has 1 fully saturated rings. The first-order valence-corrected chi connectivity index (χ1v) is 2.82. The van der Waals surface area contributed by atoms with Crippen molar-refractivity contribution in [2.75, 3.05) is 0 Å². The molecule has 2 nitrogen and oxygen atoms in total. The molecular weight excluding hydrogens is 295 g/mol. The minimum atomic E-state index is 0. The first-order valence-electron chi connectivity index (χ1n) is 2.82. The molecule has 0 unspecified atom stereocenters. The Morgan fingerprint density at radius 1 is 0.778 bits per heavy atom. The molecule has 0 spiro atoms. The summed E-state index contributed by atoms with van der Waals surface area (Å²) in [7, 11) is 0. The molecule has 1 aliphatic carbocycles. The van der Waals surface area contributed by atoms with E-state index in [1.807, 2.05) is 0 Å². The Hall–Kier alpha value is 0.608. The molecule has 58 valence electrons. The summed E-state index contributed by atoms with van der Waals surface area (Å²) in [5.41, 5.74) is 0. The van der Waals surface area contributed by atoms with E-state index in [9.17, 15) is 0 Å². The predicted molar refractivity (Wildman–Crippen MR) is 38.0 cm³/mol. The summed E-state index contributed by atoms with van der Waals surface area (Å²) >= 11 is 0. The van der Waals surface area contributed by atoms with E-state index in [0.717, 1.165) is 0 Å². The Morgan fingerprint density at radius 3 is 1.33 bits per heavy atom. The fourth-order valence-electron chi connectivity index (χ4n) is 0.898. The molecule has 0 heterocycles. The molecule has 0 aromatic heterocycles. The molecule has 0 aliphatic heterocycles. The van der Waals surface area contributed by atoms with Crippen LogP contribution in [0.25, 0.3) is 12.3 Å². The molecule has 0 atom stereocenters. The zero-order chi connectivity index (χ0) is 4.24. The van der Waals surface area contributed by atoms with E-state index in [1.165, 1.54) is 32.1 Å². The number of rotatable bonds is 0. The van der Waals surface area contributed by atoms with Crippen molar-refractivity contribution in [3.8, 4) is 0 Å². The predicted octanol–water partition coefficient (Wildman–Crippen LogP) is 3.59. The summed E-state index contributed by atoms with van der Waals surface area (Å²) in [5.74, 6) is 0. The minimum absolute atomic E-state index is 0. The largest absolute Gasteiger partial charge is 4.00 e. The molecular formula is C6H15N2Pt+. The van der Waals surface area contributed by atoms with Crippen LogP contribution in [0.2, 0.25) is 0 Å². The molecule has 0 amide bonds. The standard InChI is InChI=1S/C6H11.2H2N.Pt/c1-2-4-6-5-3-1;;;/h1H,2-6H2;2*1H2;/q3*-1;+4. The van der Waals surface area contributed by atoms with E-state index >= 15 is 0 Å².